The molecule has 0 atom stereocenters. The summed E-state index contributed by atoms with van der Waals surface area (Å²) in [6.07, 6.45) is 3.01. The van der Waals surface area contributed by atoms with Crippen molar-refractivity contribution in [2.45, 2.75) is 0 Å². The van der Waals surface area contributed by atoms with Crippen LogP contribution in [0.1, 0.15) is 16.1 Å². The van der Waals surface area contributed by atoms with E-state index < -0.39 is 0 Å². The lowest BCUT2D eigenvalue weighted by atomic mass is 10.1. The van der Waals surface area contributed by atoms with Crippen molar-refractivity contribution in [2.75, 3.05) is 0 Å². The molecule has 1 aromatic heterocycles. The zero-order valence-electron chi connectivity index (χ0n) is 11.9. The Morgan fingerprint density at radius 2 is 1.57 bits per heavy atom. The van der Waals surface area contributed by atoms with Crippen LogP contribution in [0.2, 0.25) is 0 Å². The molecule has 2 nitrogen and oxygen atoms in total. The summed E-state index contributed by atoms with van der Waals surface area (Å²) < 4.78 is 25.7. The number of carbonyl (C=O) groups excluding carboxylic acids is 1. The highest BCUT2D eigenvalue weighted by Crippen LogP contribution is 2.24. The molecule has 0 aliphatic rings. The molecule has 0 bridgehead atoms. The molecule has 0 saturated carbocycles. The van der Waals surface area contributed by atoms with Crippen LogP contribution in [0.5, 0.6) is 0 Å². The van der Waals surface area contributed by atoms with Gasteiger partial charge < -0.3 is 0 Å². The molecular formula is C18H11F2NOS. The minimum absolute atomic E-state index is 0.221. The van der Waals surface area contributed by atoms with Crippen molar-refractivity contribution >= 4 is 23.2 Å². The van der Waals surface area contributed by atoms with Gasteiger partial charge in [-0.1, -0.05) is 0 Å². The minimum atomic E-state index is -0.381. The van der Waals surface area contributed by atoms with Gasteiger partial charge in [0, 0.05) is 16.5 Å². The summed E-state index contributed by atoms with van der Waals surface area (Å²) in [4.78, 5) is 16.4. The summed E-state index contributed by atoms with van der Waals surface area (Å²) in [6, 6.07) is 11.4. The molecule has 5 heteroatoms. The normalized spacial score (nSPS) is 11.0. The number of ketones is 1. The fraction of sp³-hybridized carbons (Fsp3) is 0. The highest BCUT2D eigenvalue weighted by molar-refractivity contribution is 7.13. The van der Waals surface area contributed by atoms with Gasteiger partial charge >= 0.3 is 0 Å². The molecule has 2 aromatic carbocycles. The van der Waals surface area contributed by atoms with Gasteiger partial charge in [0.2, 0.25) is 0 Å². The number of rotatable bonds is 4. The van der Waals surface area contributed by atoms with E-state index in [4.69, 9.17) is 0 Å². The van der Waals surface area contributed by atoms with Gasteiger partial charge in [-0.15, -0.1) is 11.3 Å². The lowest BCUT2D eigenvalue weighted by molar-refractivity contribution is 0.104. The average Bonchev–Trinajstić information content (AvgIpc) is 3.03. The molecule has 0 aliphatic carbocycles. The number of hydrogen-bond donors (Lipinski definition) is 0. The molecule has 0 N–H and O–H groups in total. The number of allylic oxidation sites excluding steroid dienone is 1. The topological polar surface area (TPSA) is 30.0 Å². The van der Waals surface area contributed by atoms with Crippen LogP contribution in [0.3, 0.4) is 0 Å². The van der Waals surface area contributed by atoms with Gasteiger partial charge in [-0.3, -0.25) is 4.79 Å². The second-order valence-corrected chi connectivity index (χ2v) is 5.65. The van der Waals surface area contributed by atoms with Crippen molar-refractivity contribution in [3.63, 3.8) is 0 Å². The largest absolute Gasteiger partial charge is 0.289 e. The molecule has 3 rings (SSSR count). The molecule has 0 aliphatic heterocycles. The first-order valence-corrected chi connectivity index (χ1v) is 7.69. The Bertz CT molecular complexity index is 851. The molecule has 0 radical (unpaired) electrons. The Balaban J connectivity index is 1.74. The number of nitrogens with zero attached hydrogens (tertiary/aromatic N) is 1. The summed E-state index contributed by atoms with van der Waals surface area (Å²) in [5.74, 6) is -0.898. The van der Waals surface area contributed by atoms with E-state index in [0.29, 0.717) is 11.3 Å². The summed E-state index contributed by atoms with van der Waals surface area (Å²) in [6.45, 7) is 0. The van der Waals surface area contributed by atoms with Gasteiger partial charge in [0.1, 0.15) is 16.6 Å². The van der Waals surface area contributed by atoms with Gasteiger partial charge in [-0.2, -0.15) is 0 Å². The first-order chi connectivity index (χ1) is 11.1. The van der Waals surface area contributed by atoms with E-state index in [1.165, 1.54) is 53.8 Å². The van der Waals surface area contributed by atoms with Crippen LogP contribution in [0, 0.1) is 11.6 Å². The van der Waals surface area contributed by atoms with E-state index in [2.05, 4.69) is 4.98 Å². The van der Waals surface area contributed by atoms with Crippen molar-refractivity contribution in [1.82, 2.24) is 4.98 Å². The molecule has 0 amide bonds. The molecule has 23 heavy (non-hydrogen) atoms. The van der Waals surface area contributed by atoms with Crippen LogP contribution in [0.25, 0.3) is 16.6 Å². The lowest BCUT2D eigenvalue weighted by Gasteiger charge is -1.95. The van der Waals surface area contributed by atoms with Gasteiger partial charge in [0.15, 0.2) is 5.78 Å². The van der Waals surface area contributed by atoms with Crippen LogP contribution in [0.4, 0.5) is 8.78 Å². The van der Waals surface area contributed by atoms with E-state index in [1.807, 2.05) is 5.38 Å². The third kappa shape index (κ3) is 3.76. The van der Waals surface area contributed by atoms with Crippen molar-refractivity contribution in [2.24, 2.45) is 0 Å². The second kappa shape index (κ2) is 6.62. The zero-order chi connectivity index (χ0) is 16.2. The Kier molecular flexibility index (Phi) is 4.39. The van der Waals surface area contributed by atoms with E-state index >= 15 is 0 Å². The first kappa shape index (κ1) is 15.2. The number of hydrogen-bond acceptors (Lipinski definition) is 3. The van der Waals surface area contributed by atoms with E-state index in [0.717, 1.165) is 10.6 Å². The van der Waals surface area contributed by atoms with Gasteiger partial charge in [0.25, 0.3) is 0 Å². The Labute approximate surface area is 135 Å². The maximum Gasteiger partial charge on any atom is 0.185 e. The molecule has 0 unspecified atom stereocenters. The minimum Gasteiger partial charge on any atom is -0.289 e. The third-order valence-electron chi connectivity index (χ3n) is 3.15. The number of thiazole rings is 1. The maximum absolute atomic E-state index is 12.9. The van der Waals surface area contributed by atoms with Crippen molar-refractivity contribution in [3.05, 3.63) is 82.9 Å². The monoisotopic (exact) mass is 327 g/mol. The van der Waals surface area contributed by atoms with Crippen LogP contribution >= 0.6 is 11.3 Å². The first-order valence-electron chi connectivity index (χ1n) is 6.81. The molecule has 3 aromatic rings. The molecule has 0 saturated heterocycles. The molecular weight excluding hydrogens is 316 g/mol. The SMILES string of the molecule is O=C(/C=C/c1csc(-c2ccc(F)cc2)n1)c1ccc(F)cc1. The van der Waals surface area contributed by atoms with Crippen LogP contribution in [0.15, 0.2) is 60.0 Å². The lowest BCUT2D eigenvalue weighted by Crippen LogP contribution is -1.93. The van der Waals surface area contributed by atoms with Gasteiger partial charge in [-0.25, -0.2) is 13.8 Å². The number of halogens is 2. The highest BCUT2D eigenvalue weighted by Gasteiger charge is 2.05. The molecule has 114 valence electrons. The predicted molar refractivity (Wildman–Crippen MR) is 87.3 cm³/mol. The number of carbonyl (C=O) groups is 1. The molecule has 0 fully saturated rings. The Morgan fingerprint density at radius 1 is 0.957 bits per heavy atom. The standard InChI is InChI=1S/C18H11F2NOS/c19-14-5-1-12(2-6-14)17(22)10-9-16-11-23-18(21-16)13-3-7-15(20)8-4-13/h1-11H/b10-9+. The zero-order valence-corrected chi connectivity index (χ0v) is 12.7. The number of aromatic nitrogens is 1. The van der Waals surface area contributed by atoms with Gasteiger partial charge in [0.05, 0.1) is 5.69 Å². The summed E-state index contributed by atoms with van der Waals surface area (Å²) in [5, 5.41) is 2.56. The fourth-order valence-electron chi connectivity index (χ4n) is 1.96. The van der Waals surface area contributed by atoms with Crippen LogP contribution in [-0.4, -0.2) is 10.8 Å². The summed E-state index contributed by atoms with van der Waals surface area (Å²) >= 11 is 1.41. The Morgan fingerprint density at radius 3 is 2.22 bits per heavy atom. The maximum atomic E-state index is 12.9. The van der Waals surface area contributed by atoms with Gasteiger partial charge in [-0.05, 0) is 60.7 Å². The van der Waals surface area contributed by atoms with Crippen LogP contribution < -0.4 is 0 Å². The molecule has 0 spiro atoms. The van der Waals surface area contributed by atoms with Crippen molar-refractivity contribution in [1.29, 1.82) is 0 Å². The Hall–Kier alpha value is -2.66. The average molecular weight is 327 g/mol. The predicted octanol–water partition coefficient (Wildman–Crippen LogP) is 4.98. The smallest absolute Gasteiger partial charge is 0.185 e. The van der Waals surface area contributed by atoms with E-state index in [-0.39, 0.29) is 17.4 Å². The number of benzene rings is 2. The third-order valence-corrected chi connectivity index (χ3v) is 4.06. The highest BCUT2D eigenvalue weighted by atomic mass is 32.1. The fourth-order valence-corrected chi connectivity index (χ4v) is 2.75. The summed E-state index contributed by atoms with van der Waals surface area (Å²) in [7, 11) is 0. The van der Waals surface area contributed by atoms with Crippen molar-refractivity contribution < 1.29 is 13.6 Å². The van der Waals surface area contributed by atoms with Crippen molar-refractivity contribution in [3.8, 4) is 10.6 Å². The summed E-state index contributed by atoms with van der Waals surface area (Å²) in [5.41, 5.74) is 1.88. The second-order valence-electron chi connectivity index (χ2n) is 4.79. The van der Waals surface area contributed by atoms with Crippen LogP contribution in [-0.2, 0) is 0 Å². The quantitative estimate of drug-likeness (QED) is 0.499. The molecule has 1 heterocycles. The van der Waals surface area contributed by atoms with E-state index in [1.54, 1.807) is 18.2 Å². The van der Waals surface area contributed by atoms with E-state index in [9.17, 15) is 13.6 Å².